The Morgan fingerprint density at radius 1 is 1.04 bits per heavy atom. The lowest BCUT2D eigenvalue weighted by Crippen LogP contribution is -2.26. The van der Waals surface area contributed by atoms with Crippen molar-refractivity contribution in [3.8, 4) is 0 Å². The van der Waals surface area contributed by atoms with Crippen molar-refractivity contribution in [2.75, 3.05) is 11.3 Å². The van der Waals surface area contributed by atoms with E-state index < -0.39 is 10.0 Å². The molecular weight excluding hydrogens is 348 g/mol. The van der Waals surface area contributed by atoms with Crippen LogP contribution in [0.2, 0.25) is 0 Å². The largest absolute Gasteiger partial charge is 0.352 e. The van der Waals surface area contributed by atoms with E-state index in [2.05, 4.69) is 23.9 Å². The number of rotatable bonds is 7. The summed E-state index contributed by atoms with van der Waals surface area (Å²) in [7, 11) is -3.78. The predicted molar refractivity (Wildman–Crippen MR) is 105 cm³/mol. The molecular formula is C20H26N2O3S. The van der Waals surface area contributed by atoms with Crippen LogP contribution in [-0.4, -0.2) is 20.9 Å². The average Bonchev–Trinajstić information content (AvgIpc) is 2.56. The van der Waals surface area contributed by atoms with Gasteiger partial charge in [-0.25, -0.2) is 8.42 Å². The van der Waals surface area contributed by atoms with Crippen LogP contribution in [0.5, 0.6) is 0 Å². The van der Waals surface area contributed by atoms with Crippen LogP contribution in [0.1, 0.15) is 41.8 Å². The van der Waals surface area contributed by atoms with Crippen LogP contribution in [0, 0.1) is 19.8 Å². The molecule has 0 aliphatic rings. The summed E-state index contributed by atoms with van der Waals surface area (Å²) in [5.74, 6) is 0.223. The Labute approximate surface area is 155 Å². The maximum atomic E-state index is 12.7. The van der Waals surface area contributed by atoms with Gasteiger partial charge in [0, 0.05) is 17.8 Å². The predicted octanol–water partition coefficient (Wildman–Crippen LogP) is 3.88. The Morgan fingerprint density at radius 3 is 2.31 bits per heavy atom. The van der Waals surface area contributed by atoms with Crippen molar-refractivity contribution in [3.05, 3.63) is 59.2 Å². The number of hydrogen-bond donors (Lipinski definition) is 2. The lowest BCUT2D eigenvalue weighted by Gasteiger charge is -2.13. The molecule has 2 aromatic rings. The number of carbonyl (C=O) groups is 1. The standard InChI is InChI=1S/C20H26N2O3S/c1-14(2)11-12-21-20(23)17-8-7-16(4)19(13-17)26(24,25)22-18-9-5-15(3)6-10-18/h5-10,13-14,22H,11-12H2,1-4H3,(H,21,23). The summed E-state index contributed by atoms with van der Waals surface area (Å²) < 4.78 is 28.1. The molecule has 0 saturated heterocycles. The highest BCUT2D eigenvalue weighted by atomic mass is 32.2. The summed E-state index contributed by atoms with van der Waals surface area (Å²) in [6.45, 7) is 8.38. The Kier molecular flexibility index (Phi) is 6.42. The quantitative estimate of drug-likeness (QED) is 0.772. The highest BCUT2D eigenvalue weighted by molar-refractivity contribution is 7.92. The van der Waals surface area contributed by atoms with Crippen molar-refractivity contribution < 1.29 is 13.2 Å². The summed E-state index contributed by atoms with van der Waals surface area (Å²) in [6, 6.07) is 11.8. The third kappa shape index (κ3) is 5.33. The highest BCUT2D eigenvalue weighted by Gasteiger charge is 2.19. The molecule has 0 aromatic heterocycles. The van der Waals surface area contributed by atoms with Crippen molar-refractivity contribution in [1.82, 2.24) is 5.32 Å². The molecule has 0 aliphatic heterocycles. The number of hydrogen-bond acceptors (Lipinski definition) is 3. The molecule has 0 unspecified atom stereocenters. The Balaban J connectivity index is 2.22. The third-order valence-electron chi connectivity index (χ3n) is 4.05. The fourth-order valence-electron chi connectivity index (χ4n) is 2.44. The van der Waals surface area contributed by atoms with Gasteiger partial charge in [0.25, 0.3) is 15.9 Å². The molecule has 140 valence electrons. The van der Waals surface area contributed by atoms with E-state index in [1.54, 1.807) is 31.2 Å². The van der Waals surface area contributed by atoms with Crippen molar-refractivity contribution in [2.45, 2.75) is 39.0 Å². The van der Waals surface area contributed by atoms with Gasteiger partial charge in [-0.3, -0.25) is 9.52 Å². The molecule has 0 radical (unpaired) electrons. The molecule has 26 heavy (non-hydrogen) atoms. The molecule has 0 aliphatic carbocycles. The monoisotopic (exact) mass is 374 g/mol. The van der Waals surface area contributed by atoms with E-state index in [0.717, 1.165) is 12.0 Å². The molecule has 0 bridgehead atoms. The number of sulfonamides is 1. The number of aryl methyl sites for hydroxylation is 2. The van der Waals surface area contributed by atoms with Crippen LogP contribution >= 0.6 is 0 Å². The second-order valence-corrected chi connectivity index (χ2v) is 8.54. The first-order valence-electron chi connectivity index (χ1n) is 8.67. The van der Waals surface area contributed by atoms with Crippen LogP contribution in [0.4, 0.5) is 5.69 Å². The summed E-state index contributed by atoms with van der Waals surface area (Å²) in [5.41, 5.74) is 2.46. The van der Waals surface area contributed by atoms with E-state index in [4.69, 9.17) is 0 Å². The van der Waals surface area contributed by atoms with E-state index in [1.165, 1.54) is 6.07 Å². The molecule has 0 spiro atoms. The summed E-state index contributed by atoms with van der Waals surface area (Å²) in [4.78, 5) is 12.4. The first-order chi connectivity index (χ1) is 12.2. The van der Waals surface area contributed by atoms with Crippen molar-refractivity contribution >= 4 is 21.6 Å². The maximum Gasteiger partial charge on any atom is 0.262 e. The topological polar surface area (TPSA) is 75.3 Å². The number of amides is 1. The fraction of sp³-hybridized carbons (Fsp3) is 0.350. The van der Waals surface area contributed by atoms with Gasteiger partial charge in [-0.15, -0.1) is 0 Å². The molecule has 1 amide bonds. The van der Waals surface area contributed by atoms with Crippen molar-refractivity contribution in [1.29, 1.82) is 0 Å². The van der Waals surface area contributed by atoms with Gasteiger partial charge >= 0.3 is 0 Å². The second kappa shape index (κ2) is 8.36. The van der Waals surface area contributed by atoms with Crippen LogP contribution in [0.3, 0.4) is 0 Å². The number of nitrogens with one attached hydrogen (secondary N) is 2. The van der Waals surface area contributed by atoms with Crippen LogP contribution < -0.4 is 10.0 Å². The third-order valence-corrected chi connectivity index (χ3v) is 5.57. The first kappa shape index (κ1) is 20.0. The molecule has 0 saturated carbocycles. The van der Waals surface area contributed by atoms with Gasteiger partial charge in [0.05, 0.1) is 4.90 Å². The summed E-state index contributed by atoms with van der Waals surface area (Å²) in [6.07, 6.45) is 0.873. The Hall–Kier alpha value is -2.34. The molecule has 2 N–H and O–H groups in total. The van der Waals surface area contributed by atoms with Gasteiger partial charge in [-0.05, 0) is 56.0 Å². The van der Waals surface area contributed by atoms with Crippen molar-refractivity contribution in [3.63, 3.8) is 0 Å². The zero-order chi connectivity index (χ0) is 19.3. The van der Waals surface area contributed by atoms with Gasteiger partial charge < -0.3 is 5.32 Å². The minimum Gasteiger partial charge on any atom is -0.352 e. The second-order valence-electron chi connectivity index (χ2n) is 6.89. The zero-order valence-electron chi connectivity index (χ0n) is 15.7. The van der Waals surface area contributed by atoms with Crippen LogP contribution in [-0.2, 0) is 10.0 Å². The molecule has 0 fully saturated rings. The maximum absolute atomic E-state index is 12.7. The van der Waals surface area contributed by atoms with Gasteiger partial charge in [-0.1, -0.05) is 37.6 Å². The van der Waals surface area contributed by atoms with Gasteiger partial charge in [0.2, 0.25) is 0 Å². The Bertz CT molecular complexity index is 872. The number of carbonyl (C=O) groups excluding carboxylic acids is 1. The van der Waals surface area contributed by atoms with E-state index in [-0.39, 0.29) is 10.8 Å². The normalized spacial score (nSPS) is 11.4. The van der Waals surface area contributed by atoms with Gasteiger partial charge in [0.1, 0.15) is 0 Å². The minimum atomic E-state index is -3.78. The molecule has 0 atom stereocenters. The first-order valence-corrected chi connectivity index (χ1v) is 10.2. The van der Waals surface area contributed by atoms with Crippen LogP contribution in [0.15, 0.2) is 47.4 Å². The average molecular weight is 375 g/mol. The molecule has 6 heteroatoms. The van der Waals surface area contributed by atoms with E-state index in [0.29, 0.717) is 29.3 Å². The minimum absolute atomic E-state index is 0.106. The number of anilines is 1. The van der Waals surface area contributed by atoms with E-state index in [9.17, 15) is 13.2 Å². The highest BCUT2D eigenvalue weighted by Crippen LogP contribution is 2.21. The van der Waals surface area contributed by atoms with E-state index >= 15 is 0 Å². The molecule has 5 nitrogen and oxygen atoms in total. The smallest absolute Gasteiger partial charge is 0.262 e. The van der Waals surface area contributed by atoms with Gasteiger partial charge in [-0.2, -0.15) is 0 Å². The molecule has 2 rings (SSSR count). The lowest BCUT2D eigenvalue weighted by molar-refractivity contribution is 0.0952. The summed E-state index contributed by atoms with van der Waals surface area (Å²) in [5, 5.41) is 2.83. The SMILES string of the molecule is Cc1ccc(NS(=O)(=O)c2cc(C(=O)NCCC(C)C)ccc2C)cc1. The van der Waals surface area contributed by atoms with E-state index in [1.807, 2.05) is 19.1 Å². The summed E-state index contributed by atoms with van der Waals surface area (Å²) >= 11 is 0. The zero-order valence-corrected chi connectivity index (χ0v) is 16.5. The lowest BCUT2D eigenvalue weighted by atomic mass is 10.1. The molecule has 0 heterocycles. The fourth-order valence-corrected chi connectivity index (χ4v) is 3.77. The molecule has 2 aromatic carbocycles. The number of benzene rings is 2. The van der Waals surface area contributed by atoms with Crippen LogP contribution in [0.25, 0.3) is 0 Å². The van der Waals surface area contributed by atoms with Crippen molar-refractivity contribution in [2.24, 2.45) is 5.92 Å². The van der Waals surface area contributed by atoms with Gasteiger partial charge in [0.15, 0.2) is 0 Å². The Morgan fingerprint density at radius 2 is 1.69 bits per heavy atom.